The second-order valence-electron chi connectivity index (χ2n) is 3.62. The van der Waals surface area contributed by atoms with Gasteiger partial charge in [0.15, 0.2) is 0 Å². The van der Waals surface area contributed by atoms with Gasteiger partial charge in [-0.2, -0.15) is 0 Å². The molecule has 0 radical (unpaired) electrons. The maximum Gasteiger partial charge on any atom is 0.142 e. The summed E-state index contributed by atoms with van der Waals surface area (Å²) >= 11 is 0. The fourth-order valence-corrected chi connectivity index (χ4v) is 1.03. The molecule has 1 rings (SSSR count). The largest absolute Gasteiger partial charge is 0.411 e. The molecule has 0 spiro atoms. The van der Waals surface area contributed by atoms with Gasteiger partial charge < -0.3 is 10.0 Å². The number of benzene rings is 1. The van der Waals surface area contributed by atoms with Crippen LogP contribution in [0.5, 0.6) is 0 Å². The number of hydrogen-bond donors (Lipinski definition) is 1. The third kappa shape index (κ3) is 3.73. The van der Waals surface area contributed by atoms with Crippen LogP contribution in [-0.2, 0) is 11.4 Å². The molecule has 0 saturated heterocycles. The summed E-state index contributed by atoms with van der Waals surface area (Å²) in [6.07, 6.45) is 0. The Morgan fingerprint density at radius 2 is 1.81 bits per heavy atom. The molecule has 0 heterocycles. The third-order valence-corrected chi connectivity index (χ3v) is 2.23. The molecule has 0 aliphatic carbocycles. The van der Waals surface area contributed by atoms with Crippen molar-refractivity contribution in [3.8, 4) is 0 Å². The SMILES string of the molecule is CC(=NO)C(C)=NOCc1ccc(C)cc1. The van der Waals surface area contributed by atoms with Crippen LogP contribution in [0.15, 0.2) is 34.6 Å². The molecule has 0 amide bonds. The normalized spacial score (nSPS) is 12.7. The molecule has 4 nitrogen and oxygen atoms in total. The molecular formula is C12H16N2O2. The molecule has 4 heteroatoms. The molecule has 0 bridgehead atoms. The molecule has 86 valence electrons. The van der Waals surface area contributed by atoms with Crippen LogP contribution in [0.4, 0.5) is 0 Å². The minimum Gasteiger partial charge on any atom is -0.411 e. The van der Waals surface area contributed by atoms with E-state index >= 15 is 0 Å². The number of aryl methyl sites for hydroxylation is 1. The number of hydrogen-bond acceptors (Lipinski definition) is 4. The molecule has 1 N–H and O–H groups in total. The van der Waals surface area contributed by atoms with Crippen LogP contribution in [0.3, 0.4) is 0 Å². The molecule has 1 aromatic carbocycles. The molecule has 16 heavy (non-hydrogen) atoms. The highest BCUT2D eigenvalue weighted by atomic mass is 16.6. The summed E-state index contributed by atoms with van der Waals surface area (Å²) in [6, 6.07) is 8.03. The van der Waals surface area contributed by atoms with Crippen LogP contribution in [-0.4, -0.2) is 16.6 Å². The number of nitrogens with zero attached hydrogens (tertiary/aromatic N) is 2. The summed E-state index contributed by atoms with van der Waals surface area (Å²) in [6.45, 7) is 5.84. The molecule has 0 aromatic heterocycles. The number of oxime groups is 2. The van der Waals surface area contributed by atoms with Crippen molar-refractivity contribution in [1.29, 1.82) is 0 Å². The second kappa shape index (κ2) is 5.90. The Bertz CT molecular complexity index is 394. The Hall–Kier alpha value is -1.84. The molecule has 0 atom stereocenters. The van der Waals surface area contributed by atoms with Crippen LogP contribution < -0.4 is 0 Å². The van der Waals surface area contributed by atoms with E-state index in [2.05, 4.69) is 10.3 Å². The van der Waals surface area contributed by atoms with E-state index < -0.39 is 0 Å². The topological polar surface area (TPSA) is 54.2 Å². The van der Waals surface area contributed by atoms with Gasteiger partial charge in [0, 0.05) is 0 Å². The lowest BCUT2D eigenvalue weighted by Crippen LogP contribution is -2.06. The van der Waals surface area contributed by atoms with Gasteiger partial charge in [-0.1, -0.05) is 40.1 Å². The van der Waals surface area contributed by atoms with Gasteiger partial charge in [-0.15, -0.1) is 0 Å². The lowest BCUT2D eigenvalue weighted by molar-refractivity contribution is 0.131. The minimum absolute atomic E-state index is 0.413. The van der Waals surface area contributed by atoms with Crippen molar-refractivity contribution in [3.05, 3.63) is 35.4 Å². The monoisotopic (exact) mass is 220 g/mol. The van der Waals surface area contributed by atoms with Crippen LogP contribution in [0, 0.1) is 6.92 Å². The van der Waals surface area contributed by atoms with Gasteiger partial charge in [0.25, 0.3) is 0 Å². The first-order valence-electron chi connectivity index (χ1n) is 5.04. The summed E-state index contributed by atoms with van der Waals surface area (Å²) in [7, 11) is 0. The van der Waals surface area contributed by atoms with E-state index in [1.807, 2.05) is 31.2 Å². The van der Waals surface area contributed by atoms with Crippen LogP contribution in [0.2, 0.25) is 0 Å². The van der Waals surface area contributed by atoms with Crippen molar-refractivity contribution in [1.82, 2.24) is 0 Å². The van der Waals surface area contributed by atoms with E-state index in [1.54, 1.807) is 13.8 Å². The van der Waals surface area contributed by atoms with Crippen molar-refractivity contribution in [2.24, 2.45) is 10.3 Å². The summed E-state index contributed by atoms with van der Waals surface area (Å²) in [5, 5.41) is 15.4. The Balaban J connectivity index is 2.50. The van der Waals surface area contributed by atoms with E-state index in [1.165, 1.54) is 5.56 Å². The Morgan fingerprint density at radius 3 is 2.38 bits per heavy atom. The van der Waals surface area contributed by atoms with E-state index in [0.717, 1.165) is 5.56 Å². The lowest BCUT2D eigenvalue weighted by Gasteiger charge is -2.02. The van der Waals surface area contributed by atoms with E-state index in [-0.39, 0.29) is 0 Å². The first-order chi connectivity index (χ1) is 7.63. The molecule has 0 unspecified atom stereocenters. The van der Waals surface area contributed by atoms with Crippen molar-refractivity contribution in [2.75, 3.05) is 0 Å². The molecule has 0 fully saturated rings. The predicted octanol–water partition coefficient (Wildman–Crippen LogP) is 2.74. The van der Waals surface area contributed by atoms with Crippen molar-refractivity contribution in [3.63, 3.8) is 0 Å². The zero-order chi connectivity index (χ0) is 12.0. The summed E-state index contributed by atoms with van der Waals surface area (Å²) in [5.41, 5.74) is 3.28. The lowest BCUT2D eigenvalue weighted by atomic mass is 10.2. The molecule has 1 aromatic rings. The molecule has 0 aliphatic heterocycles. The summed E-state index contributed by atoms with van der Waals surface area (Å²) in [5.74, 6) is 0. The van der Waals surface area contributed by atoms with Crippen molar-refractivity contribution < 1.29 is 10.0 Å². The first kappa shape index (κ1) is 12.2. The smallest absolute Gasteiger partial charge is 0.142 e. The van der Waals surface area contributed by atoms with Gasteiger partial charge >= 0.3 is 0 Å². The van der Waals surface area contributed by atoms with E-state index in [0.29, 0.717) is 18.0 Å². The van der Waals surface area contributed by atoms with Crippen LogP contribution >= 0.6 is 0 Å². The Morgan fingerprint density at radius 1 is 1.19 bits per heavy atom. The average Bonchev–Trinajstić information content (AvgIpc) is 2.30. The third-order valence-electron chi connectivity index (χ3n) is 2.23. The maximum atomic E-state index is 8.50. The minimum atomic E-state index is 0.413. The average molecular weight is 220 g/mol. The predicted molar refractivity (Wildman–Crippen MR) is 64.0 cm³/mol. The maximum absolute atomic E-state index is 8.50. The first-order valence-corrected chi connectivity index (χ1v) is 5.04. The zero-order valence-electron chi connectivity index (χ0n) is 9.77. The van der Waals surface area contributed by atoms with Crippen molar-refractivity contribution >= 4 is 11.4 Å². The van der Waals surface area contributed by atoms with E-state index in [9.17, 15) is 0 Å². The molecule has 0 aliphatic rings. The van der Waals surface area contributed by atoms with Crippen LogP contribution in [0.1, 0.15) is 25.0 Å². The molecular weight excluding hydrogens is 204 g/mol. The highest BCUT2D eigenvalue weighted by Crippen LogP contribution is 2.04. The fourth-order valence-electron chi connectivity index (χ4n) is 1.03. The standard InChI is InChI=1S/C12H16N2O2/c1-9-4-6-12(7-5-9)8-16-14-11(3)10(2)13-15/h4-7,15H,8H2,1-3H3. The molecule has 0 saturated carbocycles. The van der Waals surface area contributed by atoms with Gasteiger partial charge in [0.2, 0.25) is 0 Å². The van der Waals surface area contributed by atoms with Gasteiger partial charge in [-0.25, -0.2) is 0 Å². The number of rotatable bonds is 4. The Kier molecular flexibility index (Phi) is 4.51. The summed E-state index contributed by atoms with van der Waals surface area (Å²) in [4.78, 5) is 5.14. The second-order valence-corrected chi connectivity index (χ2v) is 3.62. The highest BCUT2D eigenvalue weighted by Gasteiger charge is 1.97. The van der Waals surface area contributed by atoms with Gasteiger partial charge in [-0.3, -0.25) is 0 Å². The Labute approximate surface area is 95.2 Å². The van der Waals surface area contributed by atoms with Gasteiger partial charge in [0.1, 0.15) is 18.0 Å². The summed E-state index contributed by atoms with van der Waals surface area (Å²) < 4.78 is 0. The van der Waals surface area contributed by atoms with Gasteiger partial charge in [-0.05, 0) is 26.3 Å². The zero-order valence-corrected chi connectivity index (χ0v) is 9.77. The highest BCUT2D eigenvalue weighted by molar-refractivity contribution is 6.40. The van der Waals surface area contributed by atoms with E-state index in [4.69, 9.17) is 10.0 Å². The quantitative estimate of drug-likeness (QED) is 0.482. The fraction of sp³-hybridized carbons (Fsp3) is 0.333. The van der Waals surface area contributed by atoms with Crippen LogP contribution in [0.25, 0.3) is 0 Å². The van der Waals surface area contributed by atoms with Crippen molar-refractivity contribution in [2.45, 2.75) is 27.4 Å². The van der Waals surface area contributed by atoms with Gasteiger partial charge in [0.05, 0.1) is 0 Å².